The Hall–Kier alpha value is -2.39. The fraction of sp³-hybridized carbons (Fsp3) is 0.318. The summed E-state index contributed by atoms with van der Waals surface area (Å²) < 4.78 is 6.46. The van der Waals surface area contributed by atoms with Crippen molar-refractivity contribution in [1.29, 1.82) is 0 Å². The Kier molecular flexibility index (Phi) is 3.49. The van der Waals surface area contributed by atoms with Gasteiger partial charge in [-0.2, -0.15) is 0 Å². The number of benzene rings is 2. The standard InChI is InChI=1S/C22H22N2O/c1-2-4-19-15-24-20(14-16(19)3-1)17-5-6-21-18(13-17)7-8-22(25-21)9-11-23-12-10-22/h1-6,13-15,23H,7-12H2. The molecule has 0 radical (unpaired) electrons. The van der Waals surface area contributed by atoms with E-state index in [2.05, 4.69) is 58.8 Å². The van der Waals surface area contributed by atoms with Gasteiger partial charge in [0.05, 0.1) is 5.69 Å². The minimum absolute atomic E-state index is 0.0565. The summed E-state index contributed by atoms with van der Waals surface area (Å²) >= 11 is 0. The number of nitrogens with zero attached hydrogens (tertiary/aromatic N) is 1. The fourth-order valence-corrected chi connectivity index (χ4v) is 4.16. The van der Waals surface area contributed by atoms with Gasteiger partial charge < -0.3 is 10.1 Å². The first-order chi connectivity index (χ1) is 12.3. The van der Waals surface area contributed by atoms with Gasteiger partial charge in [-0.15, -0.1) is 0 Å². The van der Waals surface area contributed by atoms with Crippen LogP contribution in [0.15, 0.2) is 54.7 Å². The van der Waals surface area contributed by atoms with Crippen LogP contribution in [-0.4, -0.2) is 23.7 Å². The van der Waals surface area contributed by atoms with Crippen LogP contribution >= 0.6 is 0 Å². The molecular formula is C22H22N2O. The molecule has 2 aromatic carbocycles. The first-order valence-electron chi connectivity index (χ1n) is 9.19. The van der Waals surface area contributed by atoms with Gasteiger partial charge in [0.15, 0.2) is 0 Å². The van der Waals surface area contributed by atoms with Crippen LogP contribution in [0.5, 0.6) is 5.75 Å². The van der Waals surface area contributed by atoms with Crippen LogP contribution in [0.3, 0.4) is 0 Å². The topological polar surface area (TPSA) is 34.1 Å². The lowest BCUT2D eigenvalue weighted by Crippen LogP contribution is -2.48. The number of aromatic nitrogens is 1. The SMILES string of the molecule is c1ccc2cc(-c3ccc4c(c3)CCC3(CCNCC3)O4)ncc2c1. The lowest BCUT2D eigenvalue weighted by atomic mass is 9.83. The van der Waals surface area contributed by atoms with E-state index in [0.29, 0.717) is 0 Å². The summed E-state index contributed by atoms with van der Waals surface area (Å²) in [4.78, 5) is 4.66. The van der Waals surface area contributed by atoms with E-state index in [4.69, 9.17) is 4.74 Å². The van der Waals surface area contributed by atoms with Crippen molar-refractivity contribution in [3.63, 3.8) is 0 Å². The Bertz CT molecular complexity index is 928. The van der Waals surface area contributed by atoms with Gasteiger partial charge >= 0.3 is 0 Å². The lowest BCUT2D eigenvalue weighted by Gasteiger charge is -2.41. The van der Waals surface area contributed by atoms with Gasteiger partial charge in [-0.05, 0) is 74.0 Å². The van der Waals surface area contributed by atoms with Crippen LogP contribution in [0.25, 0.3) is 22.0 Å². The van der Waals surface area contributed by atoms with E-state index in [0.717, 1.165) is 50.2 Å². The molecule has 0 aliphatic carbocycles. The number of hydrogen-bond donors (Lipinski definition) is 1. The van der Waals surface area contributed by atoms with Gasteiger partial charge in [0, 0.05) is 17.1 Å². The van der Waals surface area contributed by atoms with Gasteiger partial charge in [0.25, 0.3) is 0 Å². The minimum atomic E-state index is 0.0565. The number of nitrogens with one attached hydrogen (secondary N) is 1. The van der Waals surface area contributed by atoms with Crippen molar-refractivity contribution in [2.75, 3.05) is 13.1 Å². The first-order valence-corrected chi connectivity index (χ1v) is 9.19. The molecule has 0 atom stereocenters. The lowest BCUT2D eigenvalue weighted by molar-refractivity contribution is 0.0170. The Morgan fingerprint density at radius 3 is 2.64 bits per heavy atom. The second-order valence-corrected chi connectivity index (χ2v) is 7.27. The Balaban J connectivity index is 1.48. The number of rotatable bonds is 1. The predicted octanol–water partition coefficient (Wildman–Crippen LogP) is 4.35. The van der Waals surface area contributed by atoms with E-state index in [1.807, 2.05) is 6.20 Å². The molecule has 0 amide bonds. The molecule has 3 heterocycles. The molecule has 3 aromatic rings. The maximum Gasteiger partial charge on any atom is 0.123 e. The number of ether oxygens (including phenoxy) is 1. The number of hydrogen-bond acceptors (Lipinski definition) is 3. The number of piperidine rings is 1. The van der Waals surface area contributed by atoms with Crippen molar-refractivity contribution in [3.8, 4) is 17.0 Å². The monoisotopic (exact) mass is 330 g/mol. The fourth-order valence-electron chi connectivity index (χ4n) is 4.16. The number of fused-ring (bicyclic) bond motifs is 2. The average Bonchev–Trinajstić information content (AvgIpc) is 2.68. The molecule has 3 nitrogen and oxygen atoms in total. The second-order valence-electron chi connectivity index (χ2n) is 7.27. The maximum atomic E-state index is 6.46. The van der Waals surface area contributed by atoms with Crippen LogP contribution in [0.2, 0.25) is 0 Å². The third-order valence-corrected chi connectivity index (χ3v) is 5.68. The van der Waals surface area contributed by atoms with E-state index in [1.165, 1.54) is 21.9 Å². The molecule has 0 unspecified atom stereocenters. The predicted molar refractivity (Wildman–Crippen MR) is 101 cm³/mol. The summed E-state index contributed by atoms with van der Waals surface area (Å²) in [6.07, 6.45) is 6.40. The van der Waals surface area contributed by atoms with E-state index < -0.39 is 0 Å². The normalized spacial score (nSPS) is 18.7. The highest BCUT2D eigenvalue weighted by molar-refractivity contribution is 5.85. The summed E-state index contributed by atoms with van der Waals surface area (Å²) in [5.41, 5.74) is 3.58. The molecule has 1 spiro atoms. The molecule has 3 heteroatoms. The quantitative estimate of drug-likeness (QED) is 0.720. The van der Waals surface area contributed by atoms with Gasteiger partial charge in [-0.3, -0.25) is 4.98 Å². The molecule has 1 aromatic heterocycles. The summed E-state index contributed by atoms with van der Waals surface area (Å²) in [7, 11) is 0. The Labute approximate surface area is 148 Å². The zero-order valence-corrected chi connectivity index (χ0v) is 14.3. The highest BCUT2D eigenvalue weighted by Gasteiger charge is 2.37. The number of aryl methyl sites for hydroxylation is 1. The molecule has 25 heavy (non-hydrogen) atoms. The van der Waals surface area contributed by atoms with Crippen LogP contribution < -0.4 is 10.1 Å². The summed E-state index contributed by atoms with van der Waals surface area (Å²) in [6, 6.07) is 17.1. The van der Waals surface area contributed by atoms with E-state index in [-0.39, 0.29) is 5.60 Å². The molecular weight excluding hydrogens is 308 g/mol. The maximum absolute atomic E-state index is 6.46. The average molecular weight is 330 g/mol. The van der Waals surface area contributed by atoms with Crippen LogP contribution in [-0.2, 0) is 6.42 Å². The largest absolute Gasteiger partial charge is 0.487 e. The van der Waals surface area contributed by atoms with Crippen LogP contribution in [0.4, 0.5) is 0 Å². The van der Waals surface area contributed by atoms with Gasteiger partial charge in [-0.25, -0.2) is 0 Å². The van der Waals surface area contributed by atoms with Crippen molar-refractivity contribution >= 4 is 10.8 Å². The van der Waals surface area contributed by atoms with E-state index in [1.54, 1.807) is 0 Å². The molecule has 2 aliphatic rings. The summed E-state index contributed by atoms with van der Waals surface area (Å²) in [6.45, 7) is 2.13. The highest BCUT2D eigenvalue weighted by Crippen LogP contribution is 2.39. The zero-order valence-electron chi connectivity index (χ0n) is 14.3. The molecule has 1 fully saturated rings. The van der Waals surface area contributed by atoms with Crippen LogP contribution in [0.1, 0.15) is 24.8 Å². The van der Waals surface area contributed by atoms with Crippen molar-refractivity contribution < 1.29 is 4.74 Å². The van der Waals surface area contributed by atoms with Crippen molar-refractivity contribution in [1.82, 2.24) is 10.3 Å². The number of pyridine rings is 1. The third kappa shape index (κ3) is 2.69. The second kappa shape index (κ2) is 5.85. The van der Waals surface area contributed by atoms with Gasteiger partial charge in [0.2, 0.25) is 0 Å². The minimum Gasteiger partial charge on any atom is -0.487 e. The molecule has 0 saturated carbocycles. The van der Waals surface area contributed by atoms with Crippen molar-refractivity contribution in [2.45, 2.75) is 31.3 Å². The van der Waals surface area contributed by atoms with Crippen molar-refractivity contribution in [2.24, 2.45) is 0 Å². The Morgan fingerprint density at radius 2 is 1.76 bits per heavy atom. The first kappa shape index (κ1) is 14.9. The molecule has 126 valence electrons. The van der Waals surface area contributed by atoms with Crippen LogP contribution in [0, 0.1) is 0 Å². The highest BCUT2D eigenvalue weighted by atomic mass is 16.5. The van der Waals surface area contributed by atoms with Crippen molar-refractivity contribution in [3.05, 3.63) is 60.3 Å². The summed E-state index contributed by atoms with van der Waals surface area (Å²) in [5, 5.41) is 5.85. The zero-order chi connectivity index (χ0) is 16.7. The van der Waals surface area contributed by atoms with Gasteiger partial charge in [-0.1, -0.05) is 24.3 Å². The molecule has 1 N–H and O–H groups in total. The third-order valence-electron chi connectivity index (χ3n) is 5.68. The van der Waals surface area contributed by atoms with E-state index in [9.17, 15) is 0 Å². The molecule has 2 aliphatic heterocycles. The summed E-state index contributed by atoms with van der Waals surface area (Å²) in [5.74, 6) is 1.07. The Morgan fingerprint density at radius 1 is 0.920 bits per heavy atom. The smallest absolute Gasteiger partial charge is 0.123 e. The van der Waals surface area contributed by atoms with E-state index >= 15 is 0 Å². The molecule has 0 bridgehead atoms. The van der Waals surface area contributed by atoms with Gasteiger partial charge in [0.1, 0.15) is 11.4 Å². The molecule has 5 rings (SSSR count). The molecule has 1 saturated heterocycles.